The van der Waals surface area contributed by atoms with E-state index in [0.717, 1.165) is 29.6 Å². The van der Waals surface area contributed by atoms with Crippen LogP contribution in [-0.2, 0) is 4.79 Å². The van der Waals surface area contributed by atoms with Gasteiger partial charge in [0.25, 0.3) is 0 Å². The summed E-state index contributed by atoms with van der Waals surface area (Å²) in [5, 5.41) is 0. The molecule has 0 amide bonds. The molecule has 2 saturated carbocycles. The minimum atomic E-state index is 0.639. The highest BCUT2D eigenvalue weighted by Crippen LogP contribution is 2.51. The fourth-order valence-electron chi connectivity index (χ4n) is 4.74. The van der Waals surface area contributed by atoms with Gasteiger partial charge in [0.1, 0.15) is 6.29 Å². The molecule has 22 heavy (non-hydrogen) atoms. The molecule has 0 spiro atoms. The molecule has 0 aromatic heterocycles. The summed E-state index contributed by atoms with van der Waals surface area (Å²) in [6, 6.07) is 0. The SMILES string of the molecule is C=CC=O.CC.CC1CC=C2C(CCC3C(C)CCCC23)C1. The molecule has 3 rings (SSSR count). The maximum Gasteiger partial charge on any atom is 0.142 e. The average molecular weight is 305 g/mol. The van der Waals surface area contributed by atoms with Crippen molar-refractivity contribution in [3.05, 3.63) is 24.3 Å². The number of hydrogen-bond acceptors (Lipinski definition) is 1. The average Bonchev–Trinajstić information content (AvgIpc) is 2.56. The van der Waals surface area contributed by atoms with Crippen molar-refractivity contribution in [2.75, 3.05) is 0 Å². The molecular weight excluding hydrogens is 268 g/mol. The third-order valence-corrected chi connectivity index (χ3v) is 5.71. The van der Waals surface area contributed by atoms with Crippen molar-refractivity contribution in [2.24, 2.45) is 29.6 Å². The predicted octanol–water partition coefficient (Wildman–Crippen LogP) is 6.20. The summed E-state index contributed by atoms with van der Waals surface area (Å²) in [5.41, 5.74) is 1.90. The van der Waals surface area contributed by atoms with Crippen LogP contribution in [0.2, 0.25) is 0 Å². The summed E-state index contributed by atoms with van der Waals surface area (Å²) >= 11 is 0. The van der Waals surface area contributed by atoms with Crippen molar-refractivity contribution in [3.8, 4) is 0 Å². The van der Waals surface area contributed by atoms with Gasteiger partial charge in [0, 0.05) is 0 Å². The van der Waals surface area contributed by atoms with Crippen LogP contribution in [0.15, 0.2) is 24.3 Å². The van der Waals surface area contributed by atoms with Crippen LogP contribution in [0.4, 0.5) is 0 Å². The molecule has 0 aromatic carbocycles. The summed E-state index contributed by atoms with van der Waals surface area (Å²) in [4.78, 5) is 9.06. The summed E-state index contributed by atoms with van der Waals surface area (Å²) in [5.74, 6) is 4.97. The Labute approximate surface area is 138 Å². The van der Waals surface area contributed by atoms with Crippen LogP contribution in [0.1, 0.15) is 72.6 Å². The van der Waals surface area contributed by atoms with Gasteiger partial charge in [-0.3, -0.25) is 4.79 Å². The summed E-state index contributed by atoms with van der Waals surface area (Å²) in [6.07, 6.45) is 14.9. The van der Waals surface area contributed by atoms with E-state index in [9.17, 15) is 0 Å². The molecule has 1 heteroatoms. The van der Waals surface area contributed by atoms with Crippen LogP contribution in [0.3, 0.4) is 0 Å². The number of allylic oxidation sites excluding steroid dienone is 3. The number of hydrogen-bond donors (Lipinski definition) is 0. The third kappa shape index (κ3) is 4.83. The zero-order chi connectivity index (χ0) is 16.5. The van der Waals surface area contributed by atoms with Gasteiger partial charge in [-0.2, -0.15) is 0 Å². The maximum atomic E-state index is 9.06. The maximum absolute atomic E-state index is 9.06. The molecule has 3 aliphatic rings. The second kappa shape index (κ2) is 10.0. The fourth-order valence-corrected chi connectivity index (χ4v) is 4.74. The van der Waals surface area contributed by atoms with E-state index in [1.54, 1.807) is 0 Å². The van der Waals surface area contributed by atoms with Crippen LogP contribution >= 0.6 is 0 Å². The topological polar surface area (TPSA) is 17.1 Å². The second-order valence-electron chi connectivity index (χ2n) is 7.11. The first-order valence-electron chi connectivity index (χ1n) is 9.43. The molecule has 5 atom stereocenters. The lowest BCUT2D eigenvalue weighted by atomic mass is 9.58. The minimum Gasteiger partial charge on any atom is -0.299 e. The molecule has 0 heterocycles. The van der Waals surface area contributed by atoms with Crippen molar-refractivity contribution >= 4 is 6.29 Å². The molecule has 0 aromatic rings. The van der Waals surface area contributed by atoms with Crippen molar-refractivity contribution in [1.82, 2.24) is 0 Å². The van der Waals surface area contributed by atoms with Gasteiger partial charge in [0.05, 0.1) is 0 Å². The van der Waals surface area contributed by atoms with Crippen molar-refractivity contribution < 1.29 is 4.79 Å². The minimum absolute atomic E-state index is 0.639. The molecular formula is C21H36O. The van der Waals surface area contributed by atoms with Crippen LogP contribution in [0.5, 0.6) is 0 Å². The van der Waals surface area contributed by atoms with E-state index in [2.05, 4.69) is 26.5 Å². The molecule has 0 radical (unpaired) electrons. The Morgan fingerprint density at radius 1 is 1.14 bits per heavy atom. The van der Waals surface area contributed by atoms with Gasteiger partial charge in [0.15, 0.2) is 0 Å². The number of aldehydes is 1. The molecule has 0 N–H and O–H groups in total. The summed E-state index contributed by atoms with van der Waals surface area (Å²) in [7, 11) is 0. The van der Waals surface area contributed by atoms with Gasteiger partial charge in [-0.1, -0.05) is 58.8 Å². The van der Waals surface area contributed by atoms with Crippen LogP contribution in [-0.4, -0.2) is 6.29 Å². The van der Waals surface area contributed by atoms with Crippen LogP contribution in [0.25, 0.3) is 0 Å². The van der Waals surface area contributed by atoms with Gasteiger partial charge in [-0.05, 0) is 67.8 Å². The highest BCUT2D eigenvalue weighted by Gasteiger charge is 2.40. The third-order valence-electron chi connectivity index (χ3n) is 5.71. The zero-order valence-corrected chi connectivity index (χ0v) is 15.2. The number of rotatable bonds is 1. The Morgan fingerprint density at radius 3 is 2.45 bits per heavy atom. The first-order chi connectivity index (χ1) is 10.7. The van der Waals surface area contributed by atoms with Crippen molar-refractivity contribution in [3.63, 3.8) is 0 Å². The van der Waals surface area contributed by atoms with Gasteiger partial charge in [-0.25, -0.2) is 0 Å². The van der Waals surface area contributed by atoms with E-state index in [4.69, 9.17) is 4.79 Å². The molecule has 0 bridgehead atoms. The van der Waals surface area contributed by atoms with Crippen LogP contribution < -0.4 is 0 Å². The molecule has 0 aliphatic heterocycles. The summed E-state index contributed by atoms with van der Waals surface area (Å²) in [6.45, 7) is 12.0. The lowest BCUT2D eigenvalue weighted by molar-refractivity contribution is -0.104. The van der Waals surface area contributed by atoms with Gasteiger partial charge in [0.2, 0.25) is 0 Å². The highest BCUT2D eigenvalue weighted by atomic mass is 16.1. The number of fused-ring (bicyclic) bond motifs is 3. The van der Waals surface area contributed by atoms with E-state index < -0.39 is 0 Å². The Bertz CT molecular complexity index is 362. The summed E-state index contributed by atoms with van der Waals surface area (Å²) < 4.78 is 0. The lowest BCUT2D eigenvalue weighted by Gasteiger charge is -2.47. The monoisotopic (exact) mass is 304 g/mol. The van der Waals surface area contributed by atoms with Gasteiger partial charge in [-0.15, -0.1) is 0 Å². The Balaban J connectivity index is 0.000000354. The predicted molar refractivity (Wildman–Crippen MR) is 96.8 cm³/mol. The van der Waals surface area contributed by atoms with Crippen LogP contribution in [0, 0.1) is 29.6 Å². The molecule has 0 saturated heterocycles. The Kier molecular flexibility index (Phi) is 8.75. The van der Waals surface area contributed by atoms with Crippen molar-refractivity contribution in [1.29, 1.82) is 0 Å². The van der Waals surface area contributed by atoms with E-state index in [1.165, 1.54) is 51.0 Å². The van der Waals surface area contributed by atoms with E-state index in [0.29, 0.717) is 6.29 Å². The first-order valence-corrected chi connectivity index (χ1v) is 9.43. The fraction of sp³-hybridized carbons (Fsp3) is 0.762. The van der Waals surface area contributed by atoms with E-state index >= 15 is 0 Å². The van der Waals surface area contributed by atoms with Gasteiger partial charge < -0.3 is 0 Å². The Morgan fingerprint density at radius 2 is 1.82 bits per heavy atom. The largest absolute Gasteiger partial charge is 0.299 e. The normalized spacial score (nSPS) is 36.0. The van der Waals surface area contributed by atoms with E-state index in [1.807, 2.05) is 19.4 Å². The first kappa shape index (κ1) is 19.2. The molecule has 2 fully saturated rings. The lowest BCUT2D eigenvalue weighted by Crippen LogP contribution is -2.36. The van der Waals surface area contributed by atoms with Crippen molar-refractivity contribution in [2.45, 2.75) is 72.6 Å². The van der Waals surface area contributed by atoms with Gasteiger partial charge >= 0.3 is 0 Å². The molecule has 1 nitrogen and oxygen atoms in total. The number of carbonyl (C=O) groups is 1. The standard InChI is InChI=1S/C16H26.C3H4O.C2H6/c1-11-6-8-15-13(10-11)7-9-14-12(2)4-3-5-16(14)15;1-2-3-4;1-2/h8,11-14,16H,3-7,9-10H2,1-2H3;2-3H,1H2;1-2H3. The van der Waals surface area contributed by atoms with E-state index in [-0.39, 0.29) is 0 Å². The Hall–Kier alpha value is -0.850. The smallest absolute Gasteiger partial charge is 0.142 e. The number of carbonyl (C=O) groups excluding carboxylic acids is 1. The molecule has 5 unspecified atom stereocenters. The quantitative estimate of drug-likeness (QED) is 0.320. The second-order valence-corrected chi connectivity index (χ2v) is 7.11. The molecule has 3 aliphatic carbocycles. The zero-order valence-electron chi connectivity index (χ0n) is 15.2. The molecule has 126 valence electrons. The highest BCUT2D eigenvalue weighted by molar-refractivity contribution is 5.63.